The summed E-state index contributed by atoms with van der Waals surface area (Å²) in [4.78, 5) is 15.5. The quantitative estimate of drug-likeness (QED) is 0.614. The maximum Gasteiger partial charge on any atom is 0.293 e. The standard InChI is InChI=1S/C13H14N2O2/c1-3-9-4-5-11-10(7-9)8(2)6-12(14-11)13(16)15-17/h4-7,17H,3H2,1-2H3,(H,15,16). The zero-order chi connectivity index (χ0) is 12.4. The highest BCUT2D eigenvalue weighted by molar-refractivity contribution is 5.95. The van der Waals surface area contributed by atoms with Gasteiger partial charge < -0.3 is 0 Å². The summed E-state index contributed by atoms with van der Waals surface area (Å²) in [5.74, 6) is -0.588. The van der Waals surface area contributed by atoms with E-state index in [1.165, 1.54) is 5.56 Å². The summed E-state index contributed by atoms with van der Waals surface area (Å²) in [5, 5.41) is 9.63. The zero-order valence-corrected chi connectivity index (χ0v) is 9.82. The fraction of sp³-hybridized carbons (Fsp3) is 0.231. The third kappa shape index (κ3) is 2.12. The van der Waals surface area contributed by atoms with E-state index >= 15 is 0 Å². The summed E-state index contributed by atoms with van der Waals surface area (Å²) >= 11 is 0. The number of hydrogen-bond donors (Lipinski definition) is 2. The van der Waals surface area contributed by atoms with Crippen LogP contribution in [0.3, 0.4) is 0 Å². The molecule has 4 heteroatoms. The number of amides is 1. The molecule has 0 fully saturated rings. The Hall–Kier alpha value is -1.94. The summed E-state index contributed by atoms with van der Waals surface area (Å²) in [5.41, 5.74) is 4.80. The van der Waals surface area contributed by atoms with Gasteiger partial charge in [-0.15, -0.1) is 0 Å². The second-order valence-electron chi connectivity index (χ2n) is 3.97. The van der Waals surface area contributed by atoms with E-state index in [-0.39, 0.29) is 5.69 Å². The minimum atomic E-state index is -0.588. The molecule has 0 aliphatic carbocycles. The number of pyridine rings is 1. The fourth-order valence-corrected chi connectivity index (χ4v) is 1.83. The van der Waals surface area contributed by atoms with Crippen molar-refractivity contribution in [1.29, 1.82) is 0 Å². The van der Waals surface area contributed by atoms with E-state index < -0.39 is 5.91 Å². The number of carbonyl (C=O) groups excluding carboxylic acids is 1. The Balaban J connectivity index is 2.63. The topological polar surface area (TPSA) is 62.2 Å². The first-order chi connectivity index (χ1) is 8.15. The van der Waals surface area contributed by atoms with Crippen LogP contribution in [0, 0.1) is 6.92 Å². The molecule has 0 bridgehead atoms. The molecule has 1 heterocycles. The smallest absolute Gasteiger partial charge is 0.288 e. The second-order valence-corrected chi connectivity index (χ2v) is 3.97. The summed E-state index contributed by atoms with van der Waals surface area (Å²) in [6.45, 7) is 4.02. The van der Waals surface area contributed by atoms with Gasteiger partial charge in [-0.25, -0.2) is 10.5 Å². The van der Waals surface area contributed by atoms with Gasteiger partial charge >= 0.3 is 0 Å². The van der Waals surface area contributed by atoms with Crippen LogP contribution in [-0.2, 0) is 6.42 Å². The van der Waals surface area contributed by atoms with E-state index in [1.54, 1.807) is 11.5 Å². The van der Waals surface area contributed by atoms with Gasteiger partial charge in [0.2, 0.25) is 0 Å². The molecule has 2 N–H and O–H groups in total. The Morgan fingerprint density at radius 3 is 2.82 bits per heavy atom. The lowest BCUT2D eigenvalue weighted by Gasteiger charge is -2.06. The van der Waals surface area contributed by atoms with Crippen LogP contribution < -0.4 is 5.48 Å². The van der Waals surface area contributed by atoms with E-state index in [1.807, 2.05) is 19.1 Å². The number of fused-ring (bicyclic) bond motifs is 1. The van der Waals surface area contributed by atoms with Crippen molar-refractivity contribution in [3.05, 3.63) is 41.1 Å². The van der Waals surface area contributed by atoms with Crippen molar-refractivity contribution < 1.29 is 10.0 Å². The first kappa shape index (κ1) is 11.5. The minimum Gasteiger partial charge on any atom is -0.288 e. The van der Waals surface area contributed by atoms with Crippen molar-refractivity contribution in [2.45, 2.75) is 20.3 Å². The molecule has 1 amide bonds. The molecule has 2 aromatic rings. The normalized spacial score (nSPS) is 10.5. The summed E-state index contributed by atoms with van der Waals surface area (Å²) < 4.78 is 0. The molecule has 0 unspecified atom stereocenters. The van der Waals surface area contributed by atoms with Crippen LogP contribution in [0.4, 0.5) is 0 Å². The van der Waals surface area contributed by atoms with Crippen LogP contribution in [0.15, 0.2) is 24.3 Å². The second kappa shape index (κ2) is 4.51. The van der Waals surface area contributed by atoms with Gasteiger partial charge in [0.05, 0.1) is 5.52 Å². The predicted molar refractivity (Wildman–Crippen MR) is 65.1 cm³/mol. The highest BCUT2D eigenvalue weighted by atomic mass is 16.5. The number of rotatable bonds is 2. The van der Waals surface area contributed by atoms with Gasteiger partial charge in [0.15, 0.2) is 0 Å². The molecule has 0 atom stereocenters. The zero-order valence-electron chi connectivity index (χ0n) is 9.82. The Labute approximate surface area is 99.3 Å². The van der Waals surface area contributed by atoms with Crippen molar-refractivity contribution in [3.8, 4) is 0 Å². The van der Waals surface area contributed by atoms with Gasteiger partial charge in [-0.05, 0) is 42.7 Å². The van der Waals surface area contributed by atoms with Crippen LogP contribution >= 0.6 is 0 Å². The van der Waals surface area contributed by atoms with Crippen LogP contribution in [0.25, 0.3) is 10.9 Å². The number of aromatic nitrogens is 1. The molecular weight excluding hydrogens is 216 g/mol. The van der Waals surface area contributed by atoms with Gasteiger partial charge in [0.25, 0.3) is 5.91 Å². The lowest BCUT2D eigenvalue weighted by molar-refractivity contribution is 0.0701. The molecule has 0 saturated heterocycles. The third-order valence-corrected chi connectivity index (χ3v) is 2.82. The molecule has 0 radical (unpaired) electrons. The molecule has 4 nitrogen and oxygen atoms in total. The SMILES string of the molecule is CCc1ccc2nc(C(=O)NO)cc(C)c2c1. The van der Waals surface area contributed by atoms with Crippen molar-refractivity contribution >= 4 is 16.8 Å². The van der Waals surface area contributed by atoms with Crippen molar-refractivity contribution in [3.63, 3.8) is 0 Å². The van der Waals surface area contributed by atoms with Crippen molar-refractivity contribution in [2.24, 2.45) is 0 Å². The van der Waals surface area contributed by atoms with E-state index in [2.05, 4.69) is 18.0 Å². The van der Waals surface area contributed by atoms with E-state index in [9.17, 15) is 4.79 Å². The van der Waals surface area contributed by atoms with Gasteiger partial charge in [-0.1, -0.05) is 13.0 Å². The average molecular weight is 230 g/mol. The monoisotopic (exact) mass is 230 g/mol. The van der Waals surface area contributed by atoms with Crippen LogP contribution in [0.2, 0.25) is 0 Å². The molecule has 1 aromatic carbocycles. The van der Waals surface area contributed by atoms with E-state index in [0.717, 1.165) is 22.9 Å². The number of carbonyl (C=O) groups is 1. The lowest BCUT2D eigenvalue weighted by Crippen LogP contribution is -2.20. The molecule has 0 spiro atoms. The number of hydroxylamine groups is 1. The fourth-order valence-electron chi connectivity index (χ4n) is 1.83. The van der Waals surface area contributed by atoms with Gasteiger partial charge in [0.1, 0.15) is 5.69 Å². The molecule has 0 aliphatic heterocycles. The number of nitrogens with zero attached hydrogens (tertiary/aromatic N) is 1. The summed E-state index contributed by atoms with van der Waals surface area (Å²) in [6, 6.07) is 7.65. The van der Waals surface area contributed by atoms with Crippen molar-refractivity contribution in [2.75, 3.05) is 0 Å². The highest BCUT2D eigenvalue weighted by Crippen LogP contribution is 2.19. The Morgan fingerprint density at radius 2 is 2.18 bits per heavy atom. The number of aryl methyl sites for hydroxylation is 2. The largest absolute Gasteiger partial charge is 0.293 e. The predicted octanol–water partition coefficient (Wildman–Crippen LogP) is 2.22. The Morgan fingerprint density at radius 1 is 1.41 bits per heavy atom. The molecule has 17 heavy (non-hydrogen) atoms. The number of nitrogens with one attached hydrogen (secondary N) is 1. The Kier molecular flexibility index (Phi) is 3.06. The maximum absolute atomic E-state index is 11.3. The van der Waals surface area contributed by atoms with Crippen molar-refractivity contribution in [1.82, 2.24) is 10.5 Å². The molecule has 1 aromatic heterocycles. The maximum atomic E-state index is 11.3. The lowest BCUT2D eigenvalue weighted by atomic mass is 10.0. The number of benzene rings is 1. The molecule has 2 rings (SSSR count). The minimum absolute atomic E-state index is 0.224. The molecule has 88 valence electrons. The van der Waals surface area contributed by atoms with Gasteiger partial charge in [-0.3, -0.25) is 10.0 Å². The first-order valence-corrected chi connectivity index (χ1v) is 5.50. The molecule has 0 aliphatic rings. The summed E-state index contributed by atoms with van der Waals surface area (Å²) in [6.07, 6.45) is 0.967. The van der Waals surface area contributed by atoms with E-state index in [4.69, 9.17) is 5.21 Å². The molecule has 0 saturated carbocycles. The summed E-state index contributed by atoms with van der Waals surface area (Å²) in [7, 11) is 0. The van der Waals surface area contributed by atoms with E-state index in [0.29, 0.717) is 0 Å². The number of hydrogen-bond acceptors (Lipinski definition) is 3. The highest BCUT2D eigenvalue weighted by Gasteiger charge is 2.09. The molecular formula is C13H14N2O2. The third-order valence-electron chi connectivity index (χ3n) is 2.82. The van der Waals surface area contributed by atoms with Crippen LogP contribution in [0.1, 0.15) is 28.5 Å². The average Bonchev–Trinajstić information content (AvgIpc) is 2.37. The van der Waals surface area contributed by atoms with Gasteiger partial charge in [-0.2, -0.15) is 0 Å². The van der Waals surface area contributed by atoms with Gasteiger partial charge in [0, 0.05) is 5.39 Å². The Bertz CT molecular complexity index is 579. The van der Waals surface area contributed by atoms with Crippen LogP contribution in [-0.4, -0.2) is 16.1 Å². The first-order valence-electron chi connectivity index (χ1n) is 5.50. The van der Waals surface area contributed by atoms with Crippen LogP contribution in [0.5, 0.6) is 0 Å².